The Bertz CT molecular complexity index is 295. The van der Waals surface area contributed by atoms with Crippen LogP contribution in [0.1, 0.15) is 13.8 Å². The summed E-state index contributed by atoms with van der Waals surface area (Å²) >= 11 is 0. The standard InChI is InChI=1S/C9H18N4O/c1-7(2)13(4-5-14)9-8(10)6-12(3)11-9/h6-7,14H,4-5,10H2,1-3H3. The van der Waals surface area contributed by atoms with E-state index < -0.39 is 0 Å². The number of aliphatic hydroxyl groups is 1. The van der Waals surface area contributed by atoms with E-state index in [2.05, 4.69) is 5.10 Å². The summed E-state index contributed by atoms with van der Waals surface area (Å²) in [5, 5.41) is 13.2. The number of nitrogens with zero attached hydrogens (tertiary/aromatic N) is 3. The minimum absolute atomic E-state index is 0.105. The van der Waals surface area contributed by atoms with Gasteiger partial charge in [-0.15, -0.1) is 0 Å². The number of aliphatic hydroxyl groups excluding tert-OH is 1. The van der Waals surface area contributed by atoms with E-state index in [9.17, 15) is 0 Å². The van der Waals surface area contributed by atoms with E-state index in [1.807, 2.05) is 25.8 Å². The molecule has 0 saturated heterocycles. The van der Waals surface area contributed by atoms with Crippen LogP contribution in [0, 0.1) is 0 Å². The molecule has 1 heterocycles. The third kappa shape index (κ3) is 2.17. The molecule has 1 aromatic rings. The molecule has 0 aliphatic heterocycles. The van der Waals surface area contributed by atoms with Crippen molar-refractivity contribution in [1.29, 1.82) is 0 Å². The highest BCUT2D eigenvalue weighted by Crippen LogP contribution is 2.21. The van der Waals surface area contributed by atoms with E-state index in [4.69, 9.17) is 10.8 Å². The molecule has 3 N–H and O–H groups in total. The number of rotatable bonds is 4. The maximum Gasteiger partial charge on any atom is 0.174 e. The summed E-state index contributed by atoms with van der Waals surface area (Å²) < 4.78 is 1.68. The Labute approximate surface area is 84.1 Å². The lowest BCUT2D eigenvalue weighted by molar-refractivity contribution is 0.298. The molecule has 0 aliphatic rings. The molecule has 0 fully saturated rings. The van der Waals surface area contributed by atoms with Crippen LogP contribution >= 0.6 is 0 Å². The van der Waals surface area contributed by atoms with Crippen molar-refractivity contribution in [3.63, 3.8) is 0 Å². The lowest BCUT2D eigenvalue weighted by Gasteiger charge is -2.26. The number of anilines is 2. The molecule has 0 bridgehead atoms. The third-order valence-electron chi connectivity index (χ3n) is 2.07. The number of aromatic nitrogens is 2. The fourth-order valence-corrected chi connectivity index (χ4v) is 1.43. The van der Waals surface area contributed by atoms with Crippen molar-refractivity contribution in [3.05, 3.63) is 6.20 Å². The average Bonchev–Trinajstić information content (AvgIpc) is 2.40. The van der Waals surface area contributed by atoms with E-state index >= 15 is 0 Å². The molecule has 0 aliphatic carbocycles. The zero-order valence-electron chi connectivity index (χ0n) is 8.94. The third-order valence-corrected chi connectivity index (χ3v) is 2.07. The molecule has 14 heavy (non-hydrogen) atoms. The molecule has 0 radical (unpaired) electrons. The molecule has 5 nitrogen and oxygen atoms in total. The van der Waals surface area contributed by atoms with Gasteiger partial charge in [0.25, 0.3) is 0 Å². The number of nitrogen functional groups attached to an aromatic ring is 1. The van der Waals surface area contributed by atoms with E-state index in [-0.39, 0.29) is 12.6 Å². The Balaban J connectivity index is 2.92. The van der Waals surface area contributed by atoms with Gasteiger partial charge in [0.2, 0.25) is 0 Å². The molecule has 0 aromatic carbocycles. The Morgan fingerprint density at radius 1 is 1.64 bits per heavy atom. The zero-order valence-corrected chi connectivity index (χ0v) is 8.94. The first-order valence-electron chi connectivity index (χ1n) is 4.73. The number of nitrogens with two attached hydrogens (primary N) is 1. The van der Waals surface area contributed by atoms with Gasteiger partial charge >= 0.3 is 0 Å². The average molecular weight is 198 g/mol. The topological polar surface area (TPSA) is 67.3 Å². The lowest BCUT2D eigenvalue weighted by atomic mass is 10.3. The monoisotopic (exact) mass is 198 g/mol. The molecule has 5 heteroatoms. The zero-order chi connectivity index (χ0) is 10.7. The highest BCUT2D eigenvalue weighted by molar-refractivity contribution is 5.62. The second-order valence-electron chi connectivity index (χ2n) is 3.59. The summed E-state index contributed by atoms with van der Waals surface area (Å²) in [5.41, 5.74) is 6.45. The molecule has 80 valence electrons. The van der Waals surface area contributed by atoms with Gasteiger partial charge in [0.05, 0.1) is 12.3 Å². The van der Waals surface area contributed by atoms with Crippen molar-refractivity contribution in [2.24, 2.45) is 7.05 Å². The van der Waals surface area contributed by atoms with Crippen LogP contribution in [0.5, 0.6) is 0 Å². The van der Waals surface area contributed by atoms with Crippen LogP contribution in [0.3, 0.4) is 0 Å². The normalized spacial score (nSPS) is 10.9. The first kappa shape index (κ1) is 10.8. The highest BCUT2D eigenvalue weighted by Gasteiger charge is 2.15. The van der Waals surface area contributed by atoms with Crippen LogP contribution < -0.4 is 10.6 Å². The van der Waals surface area contributed by atoms with E-state index in [0.29, 0.717) is 12.2 Å². The van der Waals surface area contributed by atoms with Crippen LogP contribution in [-0.4, -0.2) is 34.1 Å². The van der Waals surface area contributed by atoms with Crippen molar-refractivity contribution < 1.29 is 5.11 Å². The van der Waals surface area contributed by atoms with Crippen molar-refractivity contribution in [2.75, 3.05) is 23.8 Å². The van der Waals surface area contributed by atoms with Gasteiger partial charge in [0, 0.05) is 25.8 Å². The van der Waals surface area contributed by atoms with Crippen molar-refractivity contribution in [2.45, 2.75) is 19.9 Å². The van der Waals surface area contributed by atoms with Crippen LogP contribution in [0.15, 0.2) is 6.20 Å². The summed E-state index contributed by atoms with van der Waals surface area (Å²) in [7, 11) is 1.83. The molecule has 0 spiro atoms. The van der Waals surface area contributed by atoms with Crippen LogP contribution in [0.25, 0.3) is 0 Å². The summed E-state index contributed by atoms with van der Waals surface area (Å²) in [5.74, 6) is 0.747. The van der Waals surface area contributed by atoms with Gasteiger partial charge in [0.15, 0.2) is 5.82 Å². The predicted octanol–water partition coefficient (Wildman–Crippen LogP) is 0.209. The van der Waals surface area contributed by atoms with Crippen molar-refractivity contribution in [1.82, 2.24) is 9.78 Å². The van der Waals surface area contributed by atoms with Crippen LogP contribution in [0.2, 0.25) is 0 Å². The minimum atomic E-state index is 0.105. The van der Waals surface area contributed by atoms with E-state index in [0.717, 1.165) is 5.82 Å². The largest absolute Gasteiger partial charge is 0.395 e. The van der Waals surface area contributed by atoms with Gasteiger partial charge in [-0.2, -0.15) is 5.10 Å². The molecule has 0 saturated carbocycles. The molecular formula is C9H18N4O. The van der Waals surface area contributed by atoms with Crippen molar-refractivity contribution >= 4 is 11.5 Å². The number of hydrogen-bond acceptors (Lipinski definition) is 4. The summed E-state index contributed by atoms with van der Waals surface area (Å²) in [4.78, 5) is 1.98. The molecule has 1 rings (SSSR count). The second kappa shape index (κ2) is 4.32. The molecule has 0 amide bonds. The van der Waals surface area contributed by atoms with Gasteiger partial charge in [-0.25, -0.2) is 0 Å². The highest BCUT2D eigenvalue weighted by atomic mass is 16.3. The Morgan fingerprint density at radius 2 is 2.29 bits per heavy atom. The first-order chi connectivity index (χ1) is 6.56. The summed E-state index contributed by atoms with van der Waals surface area (Å²) in [6.07, 6.45) is 1.77. The predicted molar refractivity (Wildman–Crippen MR) is 57.2 cm³/mol. The number of hydrogen-bond donors (Lipinski definition) is 2. The molecule has 0 unspecified atom stereocenters. The maximum atomic E-state index is 8.93. The second-order valence-corrected chi connectivity index (χ2v) is 3.59. The fraction of sp³-hybridized carbons (Fsp3) is 0.667. The molecule has 0 atom stereocenters. The molecular weight excluding hydrogens is 180 g/mol. The van der Waals surface area contributed by atoms with Crippen LogP contribution in [0.4, 0.5) is 11.5 Å². The Kier molecular flexibility index (Phi) is 3.35. The fourth-order valence-electron chi connectivity index (χ4n) is 1.43. The van der Waals surface area contributed by atoms with E-state index in [1.165, 1.54) is 0 Å². The SMILES string of the molecule is CC(C)N(CCO)c1nn(C)cc1N. The van der Waals surface area contributed by atoms with E-state index in [1.54, 1.807) is 10.9 Å². The van der Waals surface area contributed by atoms with Crippen molar-refractivity contribution in [3.8, 4) is 0 Å². The summed E-state index contributed by atoms with van der Waals surface area (Å²) in [6, 6.07) is 0.277. The quantitative estimate of drug-likeness (QED) is 0.725. The molecule has 1 aromatic heterocycles. The smallest absolute Gasteiger partial charge is 0.174 e. The van der Waals surface area contributed by atoms with Crippen LogP contribution in [-0.2, 0) is 7.05 Å². The number of aryl methyl sites for hydroxylation is 1. The van der Waals surface area contributed by atoms with Gasteiger partial charge in [-0.1, -0.05) is 0 Å². The van der Waals surface area contributed by atoms with Gasteiger partial charge in [-0.3, -0.25) is 4.68 Å². The van der Waals surface area contributed by atoms with Gasteiger partial charge in [0.1, 0.15) is 0 Å². The Morgan fingerprint density at radius 3 is 2.64 bits per heavy atom. The maximum absolute atomic E-state index is 8.93. The Hall–Kier alpha value is -1.23. The van der Waals surface area contributed by atoms with Gasteiger partial charge < -0.3 is 15.7 Å². The van der Waals surface area contributed by atoms with Gasteiger partial charge in [-0.05, 0) is 13.8 Å². The summed E-state index contributed by atoms with van der Waals surface area (Å²) in [6.45, 7) is 4.75. The lowest BCUT2D eigenvalue weighted by Crippen LogP contribution is -2.34. The minimum Gasteiger partial charge on any atom is -0.395 e. The first-order valence-corrected chi connectivity index (χ1v) is 4.73.